The van der Waals surface area contributed by atoms with Crippen molar-refractivity contribution < 1.29 is 4.79 Å². The summed E-state index contributed by atoms with van der Waals surface area (Å²) < 4.78 is 0. The third kappa shape index (κ3) is 1.60. The van der Waals surface area contributed by atoms with Gasteiger partial charge in [-0.15, -0.1) is 11.3 Å². The summed E-state index contributed by atoms with van der Waals surface area (Å²) in [5, 5.41) is 2.61. The van der Waals surface area contributed by atoms with E-state index in [1.165, 1.54) is 16.2 Å². The highest BCUT2D eigenvalue weighted by atomic mass is 32.1. The molecule has 1 amide bonds. The van der Waals surface area contributed by atoms with Gasteiger partial charge in [0.05, 0.1) is 4.88 Å². The van der Waals surface area contributed by atoms with E-state index in [4.69, 9.17) is 0 Å². The molecule has 0 spiro atoms. The molecule has 0 fully saturated rings. The second-order valence-corrected chi connectivity index (χ2v) is 3.70. The summed E-state index contributed by atoms with van der Waals surface area (Å²) in [7, 11) is 1.65. The highest BCUT2D eigenvalue weighted by Gasteiger charge is 2.09. The van der Waals surface area contributed by atoms with Crippen LogP contribution >= 0.6 is 11.3 Å². The molecule has 0 unspecified atom stereocenters. The molecule has 0 saturated carbocycles. The first-order valence-corrected chi connectivity index (χ1v) is 4.26. The SMILES string of the molecule is CNC(=O)c1sc(C)cc1C. The maximum absolute atomic E-state index is 11.1. The van der Waals surface area contributed by atoms with Gasteiger partial charge in [-0.25, -0.2) is 0 Å². The molecule has 1 rings (SSSR count). The number of nitrogens with one attached hydrogen (secondary N) is 1. The van der Waals surface area contributed by atoms with E-state index in [0.29, 0.717) is 0 Å². The fourth-order valence-corrected chi connectivity index (χ4v) is 1.95. The minimum atomic E-state index is 0.0144. The number of carbonyl (C=O) groups excluding carboxylic acids is 1. The number of carbonyl (C=O) groups is 1. The Bertz CT molecular complexity index is 278. The fourth-order valence-electron chi connectivity index (χ4n) is 0.980. The van der Waals surface area contributed by atoms with Crippen LogP contribution in [0, 0.1) is 13.8 Å². The smallest absolute Gasteiger partial charge is 0.261 e. The Morgan fingerprint density at radius 3 is 2.55 bits per heavy atom. The van der Waals surface area contributed by atoms with Gasteiger partial charge in [0.2, 0.25) is 0 Å². The lowest BCUT2D eigenvalue weighted by Crippen LogP contribution is -2.17. The lowest BCUT2D eigenvalue weighted by atomic mass is 10.2. The Labute approximate surface area is 70.2 Å². The van der Waals surface area contributed by atoms with Crippen molar-refractivity contribution in [3.8, 4) is 0 Å². The van der Waals surface area contributed by atoms with Crippen LogP contribution in [0.3, 0.4) is 0 Å². The van der Waals surface area contributed by atoms with Crippen LogP contribution in [0.25, 0.3) is 0 Å². The summed E-state index contributed by atoms with van der Waals surface area (Å²) >= 11 is 1.53. The van der Waals surface area contributed by atoms with Gasteiger partial charge < -0.3 is 5.32 Å². The Balaban J connectivity index is 3.03. The number of thiophene rings is 1. The maximum Gasteiger partial charge on any atom is 0.261 e. The zero-order valence-corrected chi connectivity index (χ0v) is 7.71. The van der Waals surface area contributed by atoms with Crippen molar-refractivity contribution >= 4 is 17.2 Å². The van der Waals surface area contributed by atoms with Crippen LogP contribution in [0.5, 0.6) is 0 Å². The van der Waals surface area contributed by atoms with Gasteiger partial charge in [0.15, 0.2) is 0 Å². The molecule has 0 aliphatic rings. The van der Waals surface area contributed by atoms with Crippen LogP contribution in [-0.2, 0) is 0 Å². The van der Waals surface area contributed by atoms with E-state index in [-0.39, 0.29) is 5.91 Å². The van der Waals surface area contributed by atoms with Gasteiger partial charge in [-0.3, -0.25) is 4.79 Å². The van der Waals surface area contributed by atoms with Crippen molar-refractivity contribution in [1.82, 2.24) is 5.32 Å². The second kappa shape index (κ2) is 3.05. The second-order valence-electron chi connectivity index (χ2n) is 2.45. The highest BCUT2D eigenvalue weighted by molar-refractivity contribution is 7.14. The first kappa shape index (κ1) is 8.27. The Hall–Kier alpha value is -0.830. The molecule has 0 bridgehead atoms. The molecule has 60 valence electrons. The molecule has 1 aromatic heterocycles. The molecule has 0 saturated heterocycles. The zero-order valence-electron chi connectivity index (χ0n) is 6.89. The number of hydrogen-bond acceptors (Lipinski definition) is 2. The lowest BCUT2D eigenvalue weighted by Gasteiger charge is -1.94. The van der Waals surface area contributed by atoms with E-state index in [9.17, 15) is 4.79 Å². The van der Waals surface area contributed by atoms with Crippen molar-refractivity contribution in [3.05, 3.63) is 21.4 Å². The number of hydrogen-bond donors (Lipinski definition) is 1. The largest absolute Gasteiger partial charge is 0.354 e. The van der Waals surface area contributed by atoms with Gasteiger partial charge in [-0.1, -0.05) is 0 Å². The molecule has 2 nitrogen and oxygen atoms in total. The molecular formula is C8H11NOS. The van der Waals surface area contributed by atoms with Crippen LogP contribution in [0.1, 0.15) is 20.1 Å². The van der Waals surface area contributed by atoms with Gasteiger partial charge in [0, 0.05) is 11.9 Å². The standard InChI is InChI=1S/C8H11NOS/c1-5-4-6(2)11-7(5)8(10)9-3/h4H,1-3H3,(H,9,10). The number of rotatable bonds is 1. The maximum atomic E-state index is 11.1. The summed E-state index contributed by atoms with van der Waals surface area (Å²) in [4.78, 5) is 13.2. The predicted molar refractivity (Wildman–Crippen MR) is 47.2 cm³/mol. The van der Waals surface area contributed by atoms with Crippen LogP contribution in [0.4, 0.5) is 0 Å². The van der Waals surface area contributed by atoms with Crippen molar-refractivity contribution in [1.29, 1.82) is 0 Å². The first-order chi connectivity index (χ1) is 5.15. The minimum Gasteiger partial charge on any atom is -0.354 e. The summed E-state index contributed by atoms with van der Waals surface area (Å²) in [5.41, 5.74) is 1.06. The molecule has 1 N–H and O–H groups in total. The summed E-state index contributed by atoms with van der Waals surface area (Å²) in [5.74, 6) is 0.0144. The first-order valence-electron chi connectivity index (χ1n) is 3.44. The molecule has 0 radical (unpaired) electrons. The average Bonchev–Trinajstić information content (AvgIpc) is 2.28. The van der Waals surface area contributed by atoms with Crippen molar-refractivity contribution in [2.45, 2.75) is 13.8 Å². The van der Waals surface area contributed by atoms with E-state index in [1.807, 2.05) is 19.9 Å². The van der Waals surface area contributed by atoms with Gasteiger partial charge >= 0.3 is 0 Å². The van der Waals surface area contributed by atoms with E-state index in [2.05, 4.69) is 5.32 Å². The van der Waals surface area contributed by atoms with Crippen molar-refractivity contribution in [2.75, 3.05) is 7.05 Å². The normalized spacial score (nSPS) is 9.73. The van der Waals surface area contributed by atoms with Gasteiger partial charge in [0.25, 0.3) is 5.91 Å². The molecular weight excluding hydrogens is 158 g/mol. The molecule has 1 aromatic rings. The van der Waals surface area contributed by atoms with Crippen molar-refractivity contribution in [3.63, 3.8) is 0 Å². The van der Waals surface area contributed by atoms with Gasteiger partial charge in [0.1, 0.15) is 0 Å². The molecule has 1 heterocycles. The van der Waals surface area contributed by atoms with E-state index < -0.39 is 0 Å². The monoisotopic (exact) mass is 169 g/mol. The Kier molecular flexibility index (Phi) is 2.29. The molecule has 0 atom stereocenters. The molecule has 0 aliphatic heterocycles. The van der Waals surface area contributed by atoms with Crippen LogP contribution in [0.15, 0.2) is 6.07 Å². The summed E-state index contributed by atoms with van der Waals surface area (Å²) in [6.07, 6.45) is 0. The fraction of sp³-hybridized carbons (Fsp3) is 0.375. The lowest BCUT2D eigenvalue weighted by molar-refractivity contribution is 0.0966. The molecule has 0 aromatic carbocycles. The van der Waals surface area contributed by atoms with Crippen LogP contribution in [0.2, 0.25) is 0 Å². The number of amides is 1. The van der Waals surface area contributed by atoms with E-state index in [1.54, 1.807) is 7.05 Å². The van der Waals surface area contributed by atoms with E-state index >= 15 is 0 Å². The zero-order chi connectivity index (χ0) is 8.43. The number of aryl methyl sites for hydroxylation is 2. The van der Waals surface area contributed by atoms with Gasteiger partial charge in [-0.2, -0.15) is 0 Å². The van der Waals surface area contributed by atoms with Crippen LogP contribution in [-0.4, -0.2) is 13.0 Å². The third-order valence-corrected chi connectivity index (χ3v) is 2.63. The van der Waals surface area contributed by atoms with Gasteiger partial charge in [-0.05, 0) is 25.5 Å². The molecule has 3 heteroatoms. The van der Waals surface area contributed by atoms with Crippen LogP contribution < -0.4 is 5.32 Å². The Morgan fingerprint density at radius 1 is 1.55 bits per heavy atom. The highest BCUT2D eigenvalue weighted by Crippen LogP contribution is 2.20. The average molecular weight is 169 g/mol. The molecule has 11 heavy (non-hydrogen) atoms. The topological polar surface area (TPSA) is 29.1 Å². The van der Waals surface area contributed by atoms with E-state index in [0.717, 1.165) is 10.4 Å². The third-order valence-electron chi connectivity index (χ3n) is 1.47. The molecule has 0 aliphatic carbocycles. The predicted octanol–water partition coefficient (Wildman–Crippen LogP) is 1.72. The summed E-state index contributed by atoms with van der Waals surface area (Å²) in [6, 6.07) is 2.02. The summed E-state index contributed by atoms with van der Waals surface area (Å²) in [6.45, 7) is 3.96. The Morgan fingerprint density at radius 2 is 2.18 bits per heavy atom. The minimum absolute atomic E-state index is 0.0144. The quantitative estimate of drug-likeness (QED) is 0.681. The van der Waals surface area contributed by atoms with Crippen molar-refractivity contribution in [2.24, 2.45) is 0 Å².